The van der Waals surface area contributed by atoms with Crippen molar-refractivity contribution >= 4 is 11.7 Å². The molecular formula is C16H23N3O. The van der Waals surface area contributed by atoms with Crippen LogP contribution in [-0.4, -0.2) is 35.4 Å². The molecule has 1 amide bonds. The number of amides is 1. The van der Waals surface area contributed by atoms with Gasteiger partial charge in [0.25, 0.3) is 5.91 Å². The first-order chi connectivity index (χ1) is 9.79. The van der Waals surface area contributed by atoms with Crippen molar-refractivity contribution in [1.82, 2.24) is 9.88 Å². The summed E-state index contributed by atoms with van der Waals surface area (Å²) in [4.78, 5) is 19.1. The van der Waals surface area contributed by atoms with E-state index in [2.05, 4.69) is 15.2 Å². The maximum absolute atomic E-state index is 12.7. The number of carbonyl (C=O) groups excluding carboxylic acids is 1. The minimum atomic E-state index is 0.164. The Bertz CT molecular complexity index is 469. The molecule has 4 heteroatoms. The topological polar surface area (TPSA) is 45.2 Å². The molecule has 1 aromatic heterocycles. The largest absolute Gasteiger partial charge is 0.373 e. The number of hydrogen-bond acceptors (Lipinski definition) is 3. The summed E-state index contributed by atoms with van der Waals surface area (Å²) in [5.41, 5.74) is 0.718. The lowest BCUT2D eigenvalue weighted by Gasteiger charge is -2.44. The molecule has 4 nitrogen and oxygen atoms in total. The van der Waals surface area contributed by atoms with Gasteiger partial charge in [0.2, 0.25) is 0 Å². The predicted molar refractivity (Wildman–Crippen MR) is 79.8 cm³/mol. The van der Waals surface area contributed by atoms with Crippen LogP contribution in [-0.2, 0) is 0 Å². The van der Waals surface area contributed by atoms with Crippen molar-refractivity contribution in [2.45, 2.75) is 44.6 Å². The van der Waals surface area contributed by atoms with Crippen LogP contribution in [0.4, 0.5) is 5.82 Å². The number of rotatable bonds is 2. The fourth-order valence-corrected chi connectivity index (χ4v) is 3.71. The molecule has 20 heavy (non-hydrogen) atoms. The van der Waals surface area contributed by atoms with Crippen LogP contribution in [0.1, 0.15) is 48.9 Å². The second-order valence-electron chi connectivity index (χ2n) is 5.93. The molecule has 2 unspecified atom stereocenters. The van der Waals surface area contributed by atoms with Crippen molar-refractivity contribution in [3.63, 3.8) is 0 Å². The smallest absolute Gasteiger partial charge is 0.255 e. The van der Waals surface area contributed by atoms with Gasteiger partial charge in [-0.1, -0.05) is 12.8 Å². The van der Waals surface area contributed by atoms with Gasteiger partial charge in [-0.15, -0.1) is 0 Å². The van der Waals surface area contributed by atoms with E-state index in [9.17, 15) is 4.79 Å². The number of piperidine rings is 1. The summed E-state index contributed by atoms with van der Waals surface area (Å²) in [6, 6.07) is 4.22. The molecule has 108 valence electrons. The van der Waals surface area contributed by atoms with E-state index in [1.54, 1.807) is 6.20 Å². The van der Waals surface area contributed by atoms with Crippen LogP contribution in [0.5, 0.6) is 0 Å². The lowest BCUT2D eigenvalue weighted by Crippen LogP contribution is -2.49. The zero-order valence-electron chi connectivity index (χ0n) is 12.1. The average Bonchev–Trinajstić information content (AvgIpc) is 2.54. The highest BCUT2D eigenvalue weighted by Crippen LogP contribution is 2.35. The van der Waals surface area contributed by atoms with Gasteiger partial charge in [0.15, 0.2) is 0 Å². The van der Waals surface area contributed by atoms with Gasteiger partial charge in [0, 0.05) is 25.8 Å². The van der Waals surface area contributed by atoms with Crippen LogP contribution in [0.25, 0.3) is 0 Å². The highest BCUT2D eigenvalue weighted by molar-refractivity contribution is 5.94. The molecule has 1 N–H and O–H groups in total. The Morgan fingerprint density at radius 1 is 1.25 bits per heavy atom. The maximum Gasteiger partial charge on any atom is 0.255 e. The number of carbonyl (C=O) groups is 1. The summed E-state index contributed by atoms with van der Waals surface area (Å²) in [6.07, 6.45) is 9.22. The van der Waals surface area contributed by atoms with Gasteiger partial charge >= 0.3 is 0 Å². The Kier molecular flexibility index (Phi) is 3.90. The van der Waals surface area contributed by atoms with Gasteiger partial charge in [-0.2, -0.15) is 0 Å². The number of pyridine rings is 1. The van der Waals surface area contributed by atoms with Crippen molar-refractivity contribution in [3.8, 4) is 0 Å². The Morgan fingerprint density at radius 3 is 2.80 bits per heavy atom. The molecule has 0 spiro atoms. The number of hydrogen-bond donors (Lipinski definition) is 1. The second kappa shape index (κ2) is 5.81. The van der Waals surface area contributed by atoms with Gasteiger partial charge in [-0.3, -0.25) is 4.79 Å². The lowest BCUT2D eigenvalue weighted by atomic mass is 9.78. The summed E-state index contributed by atoms with van der Waals surface area (Å²) >= 11 is 0. The minimum Gasteiger partial charge on any atom is -0.373 e. The van der Waals surface area contributed by atoms with Crippen LogP contribution in [0.2, 0.25) is 0 Å². The third-order valence-corrected chi connectivity index (χ3v) is 4.77. The summed E-state index contributed by atoms with van der Waals surface area (Å²) < 4.78 is 0. The second-order valence-corrected chi connectivity index (χ2v) is 5.93. The standard InChI is InChI=1S/C16H23N3O/c1-17-15-9-8-13(11-18-15)16(20)19-10-4-6-12-5-2-3-7-14(12)19/h8-9,11-12,14H,2-7,10H2,1H3,(H,17,18). The van der Waals surface area contributed by atoms with E-state index in [0.717, 1.165) is 30.3 Å². The Morgan fingerprint density at radius 2 is 2.05 bits per heavy atom. The molecule has 3 rings (SSSR count). The quantitative estimate of drug-likeness (QED) is 0.901. The zero-order valence-corrected chi connectivity index (χ0v) is 12.1. The molecule has 1 aliphatic carbocycles. The number of fused-ring (bicyclic) bond motifs is 1. The van der Waals surface area contributed by atoms with Crippen LogP contribution < -0.4 is 5.32 Å². The molecule has 0 radical (unpaired) electrons. The Balaban J connectivity index is 1.77. The fourth-order valence-electron chi connectivity index (χ4n) is 3.71. The summed E-state index contributed by atoms with van der Waals surface area (Å²) in [5.74, 6) is 1.69. The van der Waals surface area contributed by atoms with E-state index in [-0.39, 0.29) is 5.91 Å². The SMILES string of the molecule is CNc1ccc(C(=O)N2CCCC3CCCCC32)cn1. The molecule has 2 aliphatic rings. The van der Waals surface area contributed by atoms with Gasteiger partial charge in [0.1, 0.15) is 5.82 Å². The monoisotopic (exact) mass is 273 g/mol. The first-order valence-electron chi connectivity index (χ1n) is 7.74. The lowest BCUT2D eigenvalue weighted by molar-refractivity contribution is 0.0390. The van der Waals surface area contributed by atoms with Gasteiger partial charge in [-0.25, -0.2) is 4.98 Å². The molecule has 2 fully saturated rings. The van der Waals surface area contributed by atoms with E-state index in [0.29, 0.717) is 6.04 Å². The number of nitrogens with one attached hydrogen (secondary N) is 1. The normalized spacial score (nSPS) is 25.9. The number of likely N-dealkylation sites (tertiary alicyclic amines) is 1. The summed E-state index contributed by atoms with van der Waals surface area (Å²) in [7, 11) is 1.83. The number of anilines is 1. The summed E-state index contributed by atoms with van der Waals surface area (Å²) in [5, 5.41) is 2.98. The third kappa shape index (κ3) is 2.51. The van der Waals surface area contributed by atoms with E-state index in [1.807, 2.05) is 19.2 Å². The van der Waals surface area contributed by atoms with Crippen molar-refractivity contribution in [1.29, 1.82) is 0 Å². The van der Waals surface area contributed by atoms with E-state index >= 15 is 0 Å². The zero-order chi connectivity index (χ0) is 13.9. The van der Waals surface area contributed by atoms with Crippen LogP contribution in [0.15, 0.2) is 18.3 Å². The number of aromatic nitrogens is 1. The molecule has 2 heterocycles. The highest BCUT2D eigenvalue weighted by Gasteiger charge is 2.35. The molecule has 2 atom stereocenters. The van der Waals surface area contributed by atoms with Crippen molar-refractivity contribution in [2.24, 2.45) is 5.92 Å². The van der Waals surface area contributed by atoms with Gasteiger partial charge in [0.05, 0.1) is 5.56 Å². The van der Waals surface area contributed by atoms with E-state index in [4.69, 9.17) is 0 Å². The van der Waals surface area contributed by atoms with Gasteiger partial charge < -0.3 is 10.2 Å². The van der Waals surface area contributed by atoms with Crippen molar-refractivity contribution in [2.75, 3.05) is 18.9 Å². The first kappa shape index (κ1) is 13.4. The summed E-state index contributed by atoms with van der Waals surface area (Å²) in [6.45, 7) is 0.910. The highest BCUT2D eigenvalue weighted by atomic mass is 16.2. The fraction of sp³-hybridized carbons (Fsp3) is 0.625. The van der Waals surface area contributed by atoms with Crippen molar-refractivity contribution in [3.05, 3.63) is 23.9 Å². The maximum atomic E-state index is 12.7. The van der Waals surface area contributed by atoms with E-state index < -0.39 is 0 Å². The van der Waals surface area contributed by atoms with Crippen LogP contribution in [0, 0.1) is 5.92 Å². The van der Waals surface area contributed by atoms with Crippen LogP contribution in [0.3, 0.4) is 0 Å². The Hall–Kier alpha value is -1.58. The molecular weight excluding hydrogens is 250 g/mol. The molecule has 0 aromatic carbocycles. The molecule has 1 aromatic rings. The predicted octanol–water partition coefficient (Wildman–Crippen LogP) is 2.92. The third-order valence-electron chi connectivity index (χ3n) is 4.77. The first-order valence-corrected chi connectivity index (χ1v) is 7.74. The molecule has 0 bridgehead atoms. The van der Waals surface area contributed by atoms with E-state index in [1.165, 1.54) is 32.1 Å². The van der Waals surface area contributed by atoms with Gasteiger partial charge in [-0.05, 0) is 43.7 Å². The Labute approximate surface area is 120 Å². The molecule has 1 aliphatic heterocycles. The van der Waals surface area contributed by atoms with Crippen molar-refractivity contribution < 1.29 is 4.79 Å². The average molecular weight is 273 g/mol. The number of nitrogens with zero attached hydrogens (tertiary/aromatic N) is 2. The molecule has 1 saturated carbocycles. The minimum absolute atomic E-state index is 0.164. The van der Waals surface area contributed by atoms with Crippen LogP contribution >= 0.6 is 0 Å². The molecule has 1 saturated heterocycles.